The summed E-state index contributed by atoms with van der Waals surface area (Å²) in [6.45, 7) is 9.35. The van der Waals surface area contributed by atoms with Gasteiger partial charge in [-0.25, -0.2) is 0 Å². The first kappa shape index (κ1) is 13.3. The second kappa shape index (κ2) is 5.54. The molecule has 0 aromatic heterocycles. The fourth-order valence-corrected chi connectivity index (χ4v) is 3.10. The predicted molar refractivity (Wildman–Crippen MR) is 69.1 cm³/mol. The molecule has 0 heterocycles. The molecule has 1 radical (unpaired) electrons. The van der Waals surface area contributed by atoms with Crippen LogP contribution in [-0.2, 0) is 0 Å². The van der Waals surface area contributed by atoms with Gasteiger partial charge in [-0.2, -0.15) is 4.55 Å². The predicted octanol–water partition coefficient (Wildman–Crippen LogP) is 4.15. The van der Waals surface area contributed by atoms with Crippen molar-refractivity contribution in [1.82, 2.24) is 0 Å². The van der Waals surface area contributed by atoms with Crippen LogP contribution in [0.1, 0.15) is 40.5 Å². The molecular formula is C14H23Mg. The molecule has 1 rings (SSSR count). The van der Waals surface area contributed by atoms with Gasteiger partial charge >= 0.3 is 0 Å². The van der Waals surface area contributed by atoms with Crippen LogP contribution in [0, 0.1) is 17.3 Å². The first-order valence-corrected chi connectivity index (χ1v) is 7.19. The molecule has 0 nitrogen and oxygen atoms in total. The van der Waals surface area contributed by atoms with Crippen LogP contribution in [0.2, 0.25) is 4.55 Å². The van der Waals surface area contributed by atoms with E-state index in [9.17, 15) is 0 Å². The molecule has 15 heavy (non-hydrogen) atoms. The summed E-state index contributed by atoms with van der Waals surface area (Å²) >= 11 is 2.11. The highest BCUT2D eigenvalue weighted by molar-refractivity contribution is 6.08. The summed E-state index contributed by atoms with van der Waals surface area (Å²) in [7, 11) is 0. The Kier molecular flexibility index (Phi) is 4.91. The topological polar surface area (TPSA) is 0 Å². The van der Waals surface area contributed by atoms with Crippen molar-refractivity contribution in [2.45, 2.75) is 45.1 Å². The van der Waals surface area contributed by atoms with Gasteiger partial charge < -0.3 is 0 Å². The van der Waals surface area contributed by atoms with Gasteiger partial charge in [0.05, 0.1) is 0 Å². The van der Waals surface area contributed by atoms with Gasteiger partial charge in [0.1, 0.15) is 0 Å². The molecule has 0 aromatic carbocycles. The maximum absolute atomic E-state index is 2.46. The van der Waals surface area contributed by atoms with E-state index in [4.69, 9.17) is 0 Å². The summed E-state index contributed by atoms with van der Waals surface area (Å²) in [4.78, 5) is 0. The van der Waals surface area contributed by atoms with Crippen molar-refractivity contribution in [2.75, 3.05) is 0 Å². The molecule has 0 bridgehead atoms. The van der Waals surface area contributed by atoms with Gasteiger partial charge in [0.2, 0.25) is 21.7 Å². The second-order valence-electron chi connectivity index (χ2n) is 5.42. The van der Waals surface area contributed by atoms with E-state index in [1.165, 1.54) is 17.4 Å². The number of hydrogen-bond acceptors (Lipinski definition) is 0. The smallest absolute Gasteiger partial charge is 0.176 e. The molecule has 1 aliphatic carbocycles. The van der Waals surface area contributed by atoms with E-state index in [1.54, 1.807) is 5.57 Å². The van der Waals surface area contributed by atoms with Crippen LogP contribution in [0.15, 0.2) is 23.8 Å². The van der Waals surface area contributed by atoms with Gasteiger partial charge in [-0.3, -0.25) is 0 Å². The van der Waals surface area contributed by atoms with E-state index in [0.717, 1.165) is 5.92 Å². The van der Waals surface area contributed by atoms with Gasteiger partial charge in [-0.15, -0.1) is 0 Å². The van der Waals surface area contributed by atoms with Crippen molar-refractivity contribution in [1.29, 1.82) is 0 Å². The van der Waals surface area contributed by atoms with Crippen LogP contribution in [0.5, 0.6) is 0 Å². The minimum Gasteiger partial charge on any atom is -0.176 e. The van der Waals surface area contributed by atoms with E-state index in [2.05, 4.69) is 67.6 Å². The molecule has 0 spiro atoms. The van der Waals surface area contributed by atoms with Crippen molar-refractivity contribution >= 4 is 21.7 Å². The lowest BCUT2D eigenvalue weighted by Crippen LogP contribution is -2.28. The van der Waals surface area contributed by atoms with Crippen LogP contribution in [0.4, 0.5) is 0 Å². The monoisotopic (exact) mass is 215 g/mol. The molecular weight excluding hydrogens is 192 g/mol. The maximum atomic E-state index is 2.46. The molecule has 1 heteroatoms. The SMILES string of the molecule is CC(C)C1=CC=CC(C[CH2][Mg])(C(C)C)C1. The molecule has 0 saturated carbocycles. The highest BCUT2D eigenvalue weighted by Gasteiger charge is 2.32. The number of allylic oxidation sites excluding steroid dienone is 4. The molecule has 0 aromatic rings. The average molecular weight is 216 g/mol. The van der Waals surface area contributed by atoms with Gasteiger partial charge in [0.25, 0.3) is 0 Å². The minimum atomic E-state index is 0.441. The van der Waals surface area contributed by atoms with Crippen LogP contribution in [-0.4, -0.2) is 21.7 Å². The third-order valence-electron chi connectivity index (χ3n) is 3.81. The average Bonchev–Trinajstić information content (AvgIpc) is 2.18. The zero-order valence-corrected chi connectivity index (χ0v) is 12.1. The van der Waals surface area contributed by atoms with Crippen molar-refractivity contribution in [3.8, 4) is 0 Å². The van der Waals surface area contributed by atoms with Gasteiger partial charge in [0, 0.05) is 0 Å². The molecule has 0 N–H and O–H groups in total. The summed E-state index contributed by atoms with van der Waals surface area (Å²) in [5, 5.41) is 0. The highest BCUT2D eigenvalue weighted by Crippen LogP contribution is 2.44. The largest absolute Gasteiger partial charge is 0.222 e. The molecule has 0 fully saturated rings. The highest BCUT2D eigenvalue weighted by atomic mass is 24.4. The number of hydrogen-bond donors (Lipinski definition) is 0. The molecule has 81 valence electrons. The van der Waals surface area contributed by atoms with Gasteiger partial charge in [-0.1, -0.05) is 57.9 Å². The zero-order chi connectivity index (χ0) is 11.5. The second-order valence-corrected chi connectivity index (χ2v) is 6.13. The molecule has 1 aliphatic rings. The van der Waals surface area contributed by atoms with Crippen molar-refractivity contribution < 1.29 is 0 Å². The fourth-order valence-electron chi connectivity index (χ4n) is 2.44. The normalized spacial score (nSPS) is 26.1. The van der Waals surface area contributed by atoms with E-state index in [0.29, 0.717) is 11.3 Å². The Labute approximate surface area is 108 Å². The lowest BCUT2D eigenvalue weighted by Gasteiger charge is -2.39. The maximum Gasteiger partial charge on any atom is 0.222 e. The summed E-state index contributed by atoms with van der Waals surface area (Å²) in [5.41, 5.74) is 2.07. The Balaban J connectivity index is 2.87. The summed E-state index contributed by atoms with van der Waals surface area (Å²) in [5.74, 6) is 1.45. The fraction of sp³-hybridized carbons (Fsp3) is 0.714. The lowest BCUT2D eigenvalue weighted by atomic mass is 9.67. The van der Waals surface area contributed by atoms with Gasteiger partial charge in [0.15, 0.2) is 0 Å². The van der Waals surface area contributed by atoms with Crippen molar-refractivity contribution in [3.05, 3.63) is 23.8 Å². The zero-order valence-electron chi connectivity index (χ0n) is 10.7. The Morgan fingerprint density at radius 2 is 2.00 bits per heavy atom. The van der Waals surface area contributed by atoms with Crippen LogP contribution in [0.25, 0.3) is 0 Å². The van der Waals surface area contributed by atoms with E-state index >= 15 is 0 Å². The summed E-state index contributed by atoms with van der Waals surface area (Å²) < 4.78 is 1.31. The molecule has 0 amide bonds. The van der Waals surface area contributed by atoms with Crippen molar-refractivity contribution in [2.24, 2.45) is 17.3 Å². The van der Waals surface area contributed by atoms with Gasteiger partial charge in [-0.05, 0) is 23.7 Å². The van der Waals surface area contributed by atoms with E-state index < -0.39 is 0 Å². The Morgan fingerprint density at radius 1 is 1.33 bits per heavy atom. The Hall–Kier alpha value is 0.246. The Bertz CT molecular complexity index is 261. The first-order chi connectivity index (χ1) is 7.02. The molecule has 1 unspecified atom stereocenters. The standard InChI is InChI=1S/C14H23.Mg/c1-6-14(12(4)5)9-7-8-13(10-14)11(2)3;/h7-9,11-12H,1,6,10H2,2-5H3;. The summed E-state index contributed by atoms with van der Waals surface area (Å²) in [6.07, 6.45) is 9.68. The summed E-state index contributed by atoms with van der Waals surface area (Å²) in [6, 6.07) is 0. The van der Waals surface area contributed by atoms with E-state index in [1.807, 2.05) is 0 Å². The number of rotatable bonds is 4. The third-order valence-corrected chi connectivity index (χ3v) is 4.16. The molecule has 1 atom stereocenters. The third kappa shape index (κ3) is 3.10. The molecule has 0 saturated heterocycles. The van der Waals surface area contributed by atoms with Crippen molar-refractivity contribution in [3.63, 3.8) is 0 Å². The van der Waals surface area contributed by atoms with Crippen LogP contribution < -0.4 is 0 Å². The van der Waals surface area contributed by atoms with E-state index in [-0.39, 0.29) is 0 Å². The molecule has 0 aliphatic heterocycles. The Morgan fingerprint density at radius 3 is 2.47 bits per heavy atom. The lowest BCUT2D eigenvalue weighted by molar-refractivity contribution is 0.243. The van der Waals surface area contributed by atoms with Crippen LogP contribution in [0.3, 0.4) is 0 Å². The van der Waals surface area contributed by atoms with Crippen LogP contribution >= 0.6 is 0 Å². The quantitative estimate of drug-likeness (QED) is 0.618. The minimum absolute atomic E-state index is 0.441. The first-order valence-electron chi connectivity index (χ1n) is 6.19.